The van der Waals surface area contributed by atoms with E-state index >= 15 is 0 Å². The van der Waals surface area contributed by atoms with Crippen molar-refractivity contribution >= 4 is 40.6 Å². The number of imide groups is 1. The Labute approximate surface area is 195 Å². The number of carbonyl (C=O) groups is 2. The van der Waals surface area contributed by atoms with Crippen molar-refractivity contribution in [1.82, 2.24) is 4.57 Å². The van der Waals surface area contributed by atoms with E-state index in [1.807, 2.05) is 83.7 Å². The van der Waals surface area contributed by atoms with Gasteiger partial charge in [-0.2, -0.15) is 10.2 Å². The van der Waals surface area contributed by atoms with E-state index in [4.69, 9.17) is 0 Å². The van der Waals surface area contributed by atoms with Gasteiger partial charge >= 0.3 is 0 Å². The fourth-order valence-electron chi connectivity index (χ4n) is 3.61. The molecule has 0 aliphatic carbocycles. The summed E-state index contributed by atoms with van der Waals surface area (Å²) >= 11 is 1.42. The molecule has 0 saturated carbocycles. The van der Waals surface area contributed by atoms with Gasteiger partial charge in [-0.25, -0.2) is 4.90 Å². The number of hydrogen-bond donors (Lipinski definition) is 0. The molecule has 7 heteroatoms. The predicted molar refractivity (Wildman–Crippen MR) is 130 cm³/mol. The Morgan fingerprint density at radius 3 is 1.97 bits per heavy atom. The summed E-state index contributed by atoms with van der Waals surface area (Å²) in [5, 5.41) is 7.96. The van der Waals surface area contributed by atoms with Crippen LogP contribution >= 0.6 is 11.8 Å². The van der Waals surface area contributed by atoms with E-state index in [1.165, 1.54) is 16.7 Å². The lowest BCUT2D eigenvalue weighted by atomic mass is 10.2. The van der Waals surface area contributed by atoms with Gasteiger partial charge < -0.3 is 4.57 Å². The summed E-state index contributed by atoms with van der Waals surface area (Å²) in [7, 11) is 0. The molecule has 2 amide bonds. The Morgan fingerprint density at radius 1 is 0.697 bits per heavy atom. The van der Waals surface area contributed by atoms with E-state index in [0.717, 1.165) is 16.3 Å². The van der Waals surface area contributed by atoms with E-state index in [1.54, 1.807) is 24.3 Å². The Balaban J connectivity index is 1.26. The summed E-state index contributed by atoms with van der Waals surface area (Å²) in [6.07, 6.45) is 4.14. The Hall–Kier alpha value is -3.97. The van der Waals surface area contributed by atoms with Crippen LogP contribution in [-0.4, -0.2) is 21.6 Å². The largest absolute Gasteiger partial charge is 0.324 e. The SMILES string of the molecule is O=C1CC(Sc2ccc(-n3cccc3)cc2)C(=O)N1c1ccc(N=Nc2ccccc2)cc1. The van der Waals surface area contributed by atoms with Crippen LogP contribution in [0.15, 0.2) is 119 Å². The minimum Gasteiger partial charge on any atom is -0.324 e. The number of hydrogen-bond acceptors (Lipinski definition) is 5. The average molecular weight is 453 g/mol. The molecule has 1 aliphatic heterocycles. The summed E-state index contributed by atoms with van der Waals surface area (Å²) in [6, 6.07) is 28.3. The van der Waals surface area contributed by atoms with Gasteiger partial charge in [0.2, 0.25) is 11.8 Å². The highest BCUT2D eigenvalue weighted by Gasteiger charge is 2.40. The highest BCUT2D eigenvalue weighted by Crippen LogP contribution is 2.35. The molecule has 0 N–H and O–H groups in total. The molecule has 1 atom stereocenters. The maximum Gasteiger partial charge on any atom is 0.247 e. The second kappa shape index (κ2) is 9.26. The van der Waals surface area contributed by atoms with Gasteiger partial charge in [-0.05, 0) is 72.8 Å². The van der Waals surface area contributed by atoms with Crippen LogP contribution in [-0.2, 0) is 9.59 Å². The quantitative estimate of drug-likeness (QED) is 0.254. The van der Waals surface area contributed by atoms with E-state index in [-0.39, 0.29) is 18.2 Å². The number of azo groups is 1. The zero-order valence-electron chi connectivity index (χ0n) is 17.6. The highest BCUT2D eigenvalue weighted by molar-refractivity contribution is 8.00. The van der Waals surface area contributed by atoms with Gasteiger partial charge in [0, 0.05) is 29.4 Å². The number of benzene rings is 3. The number of thioether (sulfide) groups is 1. The first kappa shape index (κ1) is 20.9. The van der Waals surface area contributed by atoms with E-state index in [2.05, 4.69) is 10.2 Å². The normalized spacial score (nSPS) is 16.1. The van der Waals surface area contributed by atoms with Crippen LogP contribution in [0, 0.1) is 0 Å². The van der Waals surface area contributed by atoms with Crippen molar-refractivity contribution in [2.75, 3.05) is 4.90 Å². The van der Waals surface area contributed by atoms with Gasteiger partial charge in [-0.1, -0.05) is 18.2 Å². The third-order valence-electron chi connectivity index (χ3n) is 5.27. The number of rotatable bonds is 6. The number of carbonyl (C=O) groups excluding carboxylic acids is 2. The summed E-state index contributed by atoms with van der Waals surface area (Å²) in [5.41, 5.74) is 3.00. The molecular weight excluding hydrogens is 432 g/mol. The number of amides is 2. The van der Waals surface area contributed by atoms with Crippen molar-refractivity contribution in [3.8, 4) is 5.69 Å². The molecule has 3 aromatic carbocycles. The molecule has 6 nitrogen and oxygen atoms in total. The fraction of sp³-hybridized carbons (Fsp3) is 0.0769. The molecular formula is C26H20N4O2S. The van der Waals surface area contributed by atoms with Gasteiger partial charge in [0.1, 0.15) is 0 Å². The van der Waals surface area contributed by atoms with E-state index < -0.39 is 5.25 Å². The first-order valence-electron chi connectivity index (χ1n) is 10.5. The van der Waals surface area contributed by atoms with Crippen LogP contribution in [0.1, 0.15) is 6.42 Å². The van der Waals surface area contributed by atoms with Gasteiger partial charge in [0.25, 0.3) is 0 Å². The monoisotopic (exact) mass is 452 g/mol. The van der Waals surface area contributed by atoms with Crippen LogP contribution in [0.4, 0.5) is 17.1 Å². The van der Waals surface area contributed by atoms with Crippen LogP contribution in [0.2, 0.25) is 0 Å². The van der Waals surface area contributed by atoms with E-state index in [9.17, 15) is 9.59 Å². The van der Waals surface area contributed by atoms with Gasteiger partial charge in [0.05, 0.1) is 22.3 Å². The molecule has 162 valence electrons. The Kier molecular flexibility index (Phi) is 5.87. The summed E-state index contributed by atoms with van der Waals surface area (Å²) in [5.74, 6) is -0.390. The molecule has 0 spiro atoms. The predicted octanol–water partition coefficient (Wildman–Crippen LogP) is 6.32. The van der Waals surface area contributed by atoms with Crippen molar-refractivity contribution in [3.05, 3.63) is 103 Å². The van der Waals surface area contributed by atoms with Gasteiger partial charge in [0.15, 0.2) is 0 Å². The number of anilines is 1. The third-order valence-corrected chi connectivity index (χ3v) is 6.47. The maximum atomic E-state index is 13.0. The van der Waals surface area contributed by atoms with Crippen LogP contribution in [0.5, 0.6) is 0 Å². The second-order valence-corrected chi connectivity index (χ2v) is 8.79. The minimum absolute atomic E-state index is 0.179. The second-order valence-electron chi connectivity index (χ2n) is 7.51. The Bertz CT molecular complexity index is 1280. The summed E-state index contributed by atoms with van der Waals surface area (Å²) in [4.78, 5) is 27.9. The highest BCUT2D eigenvalue weighted by atomic mass is 32.2. The smallest absolute Gasteiger partial charge is 0.247 e. The van der Waals surface area contributed by atoms with Crippen molar-refractivity contribution in [2.45, 2.75) is 16.6 Å². The minimum atomic E-state index is -0.438. The molecule has 1 fully saturated rings. The zero-order chi connectivity index (χ0) is 22.6. The third kappa shape index (κ3) is 4.63. The summed E-state index contributed by atoms with van der Waals surface area (Å²) in [6.45, 7) is 0. The first-order valence-corrected chi connectivity index (χ1v) is 11.4. The molecule has 2 heterocycles. The van der Waals surface area contributed by atoms with Crippen LogP contribution < -0.4 is 4.90 Å². The van der Waals surface area contributed by atoms with Crippen LogP contribution in [0.25, 0.3) is 5.69 Å². The number of nitrogens with zero attached hydrogens (tertiary/aromatic N) is 4. The standard InChI is InChI=1S/C26H20N4O2S/c31-25-18-24(33-23-14-12-21(13-15-23)29-16-4-5-17-29)26(32)30(25)22-10-8-20(9-11-22)28-27-19-6-2-1-3-7-19/h1-17,24H,18H2. The molecule has 1 aromatic heterocycles. The molecule has 4 aromatic rings. The fourth-order valence-corrected chi connectivity index (χ4v) is 4.67. The van der Waals surface area contributed by atoms with E-state index in [0.29, 0.717) is 11.4 Å². The molecule has 1 saturated heterocycles. The Morgan fingerprint density at radius 2 is 1.30 bits per heavy atom. The van der Waals surface area contributed by atoms with Crippen molar-refractivity contribution in [2.24, 2.45) is 10.2 Å². The van der Waals surface area contributed by atoms with Gasteiger partial charge in [-0.15, -0.1) is 11.8 Å². The lowest BCUT2D eigenvalue weighted by molar-refractivity contribution is -0.121. The molecule has 1 aliphatic rings. The molecule has 5 rings (SSSR count). The number of aromatic nitrogens is 1. The molecule has 0 radical (unpaired) electrons. The molecule has 33 heavy (non-hydrogen) atoms. The van der Waals surface area contributed by atoms with Crippen molar-refractivity contribution in [3.63, 3.8) is 0 Å². The van der Waals surface area contributed by atoms with Crippen molar-refractivity contribution in [1.29, 1.82) is 0 Å². The topological polar surface area (TPSA) is 67.0 Å². The molecule has 0 bridgehead atoms. The molecule has 1 unspecified atom stereocenters. The lowest BCUT2D eigenvalue weighted by Crippen LogP contribution is -2.30. The van der Waals surface area contributed by atoms with Crippen LogP contribution in [0.3, 0.4) is 0 Å². The lowest BCUT2D eigenvalue weighted by Gasteiger charge is -2.15. The van der Waals surface area contributed by atoms with Crippen molar-refractivity contribution < 1.29 is 9.59 Å². The summed E-state index contributed by atoms with van der Waals surface area (Å²) < 4.78 is 2.02. The zero-order valence-corrected chi connectivity index (χ0v) is 18.4. The first-order chi connectivity index (χ1) is 16.2. The van der Waals surface area contributed by atoms with Gasteiger partial charge in [-0.3, -0.25) is 9.59 Å². The average Bonchev–Trinajstić information content (AvgIpc) is 3.48. The maximum absolute atomic E-state index is 13.0.